The minimum absolute atomic E-state index is 1.12. The fourth-order valence-electron chi connectivity index (χ4n) is 2.54. The van der Waals surface area contributed by atoms with Crippen LogP contribution in [0.2, 0.25) is 0 Å². The van der Waals surface area contributed by atoms with Crippen LogP contribution in [-0.2, 0) is 19.3 Å². The molecule has 0 heterocycles. The molecule has 0 bridgehead atoms. The maximum atomic E-state index is 3.53. The molecule has 1 aromatic rings. The van der Waals surface area contributed by atoms with Gasteiger partial charge >= 0.3 is 0 Å². The molecule has 0 fully saturated rings. The molecule has 3 heteroatoms. The van der Waals surface area contributed by atoms with E-state index in [1.165, 1.54) is 57.8 Å². The van der Waals surface area contributed by atoms with Crippen LogP contribution >= 0.6 is 47.8 Å². The maximum Gasteiger partial charge on any atom is 0.00314 e. The van der Waals surface area contributed by atoms with Gasteiger partial charge in [0.15, 0.2) is 0 Å². The van der Waals surface area contributed by atoms with Gasteiger partial charge in [0.1, 0.15) is 0 Å². The second-order valence-corrected chi connectivity index (χ2v) is 7.98. The van der Waals surface area contributed by atoms with Crippen molar-refractivity contribution in [3.05, 3.63) is 34.9 Å². The van der Waals surface area contributed by atoms with Gasteiger partial charge < -0.3 is 0 Å². The van der Waals surface area contributed by atoms with E-state index >= 15 is 0 Å². The largest absolute Gasteiger partial charge is 0.0928 e. The van der Waals surface area contributed by atoms with E-state index < -0.39 is 0 Å². The Morgan fingerprint density at radius 3 is 1.00 bits per heavy atom. The van der Waals surface area contributed by atoms with Crippen molar-refractivity contribution in [2.75, 3.05) is 16.0 Å². The molecular formula is C18H27Br3. The Labute approximate surface area is 155 Å². The summed E-state index contributed by atoms with van der Waals surface area (Å²) in [6.45, 7) is 0. The Kier molecular flexibility index (Phi) is 12.3. The molecule has 0 aliphatic rings. The van der Waals surface area contributed by atoms with E-state index in [1.807, 2.05) is 0 Å². The zero-order valence-electron chi connectivity index (χ0n) is 12.9. The first-order chi connectivity index (χ1) is 10.3. The van der Waals surface area contributed by atoms with E-state index in [-0.39, 0.29) is 0 Å². The lowest BCUT2D eigenvalue weighted by Crippen LogP contribution is -1.96. The number of hydrogen-bond donors (Lipinski definition) is 0. The van der Waals surface area contributed by atoms with Gasteiger partial charge in [-0.05, 0) is 74.5 Å². The predicted molar refractivity (Wildman–Crippen MR) is 107 cm³/mol. The van der Waals surface area contributed by atoms with Crippen molar-refractivity contribution >= 4 is 47.8 Å². The summed E-state index contributed by atoms with van der Waals surface area (Å²) in [4.78, 5) is 0. The Balaban J connectivity index is 2.65. The second-order valence-electron chi connectivity index (χ2n) is 5.60. The summed E-state index contributed by atoms with van der Waals surface area (Å²) in [6, 6.07) is 7.32. The Bertz CT molecular complexity index is 307. The smallest absolute Gasteiger partial charge is 0.00314 e. The van der Waals surface area contributed by atoms with E-state index in [0.717, 1.165) is 16.0 Å². The highest BCUT2D eigenvalue weighted by Crippen LogP contribution is 2.17. The summed E-state index contributed by atoms with van der Waals surface area (Å²) in [6.07, 6.45) is 11.4. The molecule has 0 atom stereocenters. The SMILES string of the molecule is BrCCCCc1cc(CCCCBr)cc(CCCCBr)c1. The molecule has 0 aliphatic carbocycles. The number of alkyl halides is 3. The van der Waals surface area contributed by atoms with Gasteiger partial charge in [0.25, 0.3) is 0 Å². The van der Waals surface area contributed by atoms with Gasteiger partial charge in [-0.25, -0.2) is 0 Å². The van der Waals surface area contributed by atoms with Crippen molar-refractivity contribution in [1.29, 1.82) is 0 Å². The van der Waals surface area contributed by atoms with Crippen molar-refractivity contribution in [1.82, 2.24) is 0 Å². The highest BCUT2D eigenvalue weighted by Gasteiger charge is 2.03. The van der Waals surface area contributed by atoms with Crippen LogP contribution in [0.1, 0.15) is 55.2 Å². The Morgan fingerprint density at radius 2 is 0.762 bits per heavy atom. The van der Waals surface area contributed by atoms with Gasteiger partial charge in [-0.2, -0.15) is 0 Å². The van der Waals surface area contributed by atoms with Crippen LogP contribution in [0.4, 0.5) is 0 Å². The van der Waals surface area contributed by atoms with Gasteiger partial charge in [0.2, 0.25) is 0 Å². The Morgan fingerprint density at radius 1 is 0.476 bits per heavy atom. The van der Waals surface area contributed by atoms with E-state index in [0.29, 0.717) is 0 Å². The quantitative estimate of drug-likeness (QED) is 0.226. The molecule has 1 rings (SSSR count). The standard InChI is InChI=1S/C18H27Br3/c19-10-4-1-7-16-13-17(8-2-5-11-20)15-18(14-16)9-3-6-12-21/h13-15H,1-12H2. The molecule has 120 valence electrons. The van der Waals surface area contributed by atoms with Gasteiger partial charge in [-0.3, -0.25) is 0 Å². The van der Waals surface area contributed by atoms with Crippen molar-refractivity contribution < 1.29 is 0 Å². The molecule has 1 aromatic carbocycles. The molecule has 21 heavy (non-hydrogen) atoms. The van der Waals surface area contributed by atoms with Crippen LogP contribution in [0.3, 0.4) is 0 Å². The second kappa shape index (κ2) is 13.1. The summed E-state index contributed by atoms with van der Waals surface area (Å²) < 4.78 is 0. The monoisotopic (exact) mass is 480 g/mol. The van der Waals surface area contributed by atoms with Gasteiger partial charge in [-0.1, -0.05) is 66.0 Å². The van der Waals surface area contributed by atoms with E-state index in [2.05, 4.69) is 66.0 Å². The van der Waals surface area contributed by atoms with E-state index in [9.17, 15) is 0 Å². The molecule has 0 amide bonds. The number of hydrogen-bond acceptors (Lipinski definition) is 0. The number of unbranched alkanes of at least 4 members (excludes halogenated alkanes) is 3. The number of benzene rings is 1. The number of rotatable bonds is 12. The maximum absolute atomic E-state index is 3.53. The average Bonchev–Trinajstić information content (AvgIpc) is 2.48. The lowest BCUT2D eigenvalue weighted by molar-refractivity contribution is 0.775. The molecule has 0 unspecified atom stereocenters. The van der Waals surface area contributed by atoms with Crippen LogP contribution in [-0.4, -0.2) is 16.0 Å². The van der Waals surface area contributed by atoms with Gasteiger partial charge in [-0.15, -0.1) is 0 Å². The normalized spacial score (nSPS) is 11.0. The zero-order valence-corrected chi connectivity index (χ0v) is 17.6. The molecular weight excluding hydrogens is 456 g/mol. The zero-order chi connectivity index (χ0) is 15.3. The first-order valence-corrected chi connectivity index (χ1v) is 11.5. The van der Waals surface area contributed by atoms with Crippen LogP contribution in [0.25, 0.3) is 0 Å². The summed E-state index contributed by atoms with van der Waals surface area (Å²) in [5.41, 5.74) is 4.63. The molecule has 0 aromatic heterocycles. The topological polar surface area (TPSA) is 0 Å². The van der Waals surface area contributed by atoms with Crippen molar-refractivity contribution in [2.45, 2.75) is 57.8 Å². The molecule has 0 saturated heterocycles. The predicted octanol–water partition coefficient (Wildman–Crippen LogP) is 6.84. The Hall–Kier alpha value is 0.660. The number of halogens is 3. The highest BCUT2D eigenvalue weighted by molar-refractivity contribution is 9.09. The minimum atomic E-state index is 1.12. The third-order valence-electron chi connectivity index (χ3n) is 3.66. The minimum Gasteiger partial charge on any atom is -0.0928 e. The van der Waals surface area contributed by atoms with E-state index in [1.54, 1.807) is 16.7 Å². The summed E-state index contributed by atoms with van der Waals surface area (Å²) >= 11 is 10.6. The van der Waals surface area contributed by atoms with Crippen LogP contribution in [0.5, 0.6) is 0 Å². The molecule has 0 nitrogen and oxygen atoms in total. The molecule has 0 N–H and O–H groups in total. The summed E-state index contributed by atoms with van der Waals surface area (Å²) in [7, 11) is 0. The third kappa shape index (κ3) is 9.40. The highest BCUT2D eigenvalue weighted by atomic mass is 79.9. The van der Waals surface area contributed by atoms with Crippen LogP contribution in [0.15, 0.2) is 18.2 Å². The average molecular weight is 483 g/mol. The summed E-state index contributed by atoms with van der Waals surface area (Å²) in [5.74, 6) is 0. The molecule has 0 radical (unpaired) electrons. The van der Waals surface area contributed by atoms with E-state index in [4.69, 9.17) is 0 Å². The van der Waals surface area contributed by atoms with Crippen molar-refractivity contribution in [2.24, 2.45) is 0 Å². The lowest BCUT2D eigenvalue weighted by atomic mass is 9.96. The molecule has 0 saturated carbocycles. The summed E-state index contributed by atoms with van der Waals surface area (Å²) in [5, 5.41) is 3.36. The fourth-order valence-corrected chi connectivity index (χ4v) is 3.73. The number of aryl methyl sites for hydroxylation is 3. The third-order valence-corrected chi connectivity index (χ3v) is 5.34. The van der Waals surface area contributed by atoms with Crippen LogP contribution < -0.4 is 0 Å². The first kappa shape index (κ1) is 19.7. The van der Waals surface area contributed by atoms with Crippen molar-refractivity contribution in [3.8, 4) is 0 Å². The van der Waals surface area contributed by atoms with Crippen molar-refractivity contribution in [3.63, 3.8) is 0 Å². The van der Waals surface area contributed by atoms with Gasteiger partial charge in [0, 0.05) is 16.0 Å². The first-order valence-electron chi connectivity index (χ1n) is 8.09. The molecule has 0 aliphatic heterocycles. The fraction of sp³-hybridized carbons (Fsp3) is 0.667. The lowest BCUT2D eigenvalue weighted by Gasteiger charge is -2.10. The van der Waals surface area contributed by atoms with Gasteiger partial charge in [0.05, 0.1) is 0 Å². The van der Waals surface area contributed by atoms with Crippen LogP contribution in [0, 0.1) is 0 Å². The molecule has 0 spiro atoms.